The van der Waals surface area contributed by atoms with Gasteiger partial charge >= 0.3 is 0 Å². The molecule has 5 rings (SSSR count). The standard InChI is InChI=1S/C26H27N3O2S/c1-27-26(30)25-21(20-9-3-4-11-23(20)32-25)15-19-8-6-14-29(19)16-18-13-12-17-7-5-10-22(31-2)24(17)28-18/h3-5,7,9-13,19H,6,8,14-16H2,1-2H3,(H,27,30)/t19-/m1/s1. The van der Waals surface area contributed by atoms with E-state index in [2.05, 4.69) is 46.6 Å². The second kappa shape index (κ2) is 8.88. The number of carbonyl (C=O) groups is 1. The van der Waals surface area contributed by atoms with Crippen LogP contribution in [0.2, 0.25) is 0 Å². The van der Waals surface area contributed by atoms with Crippen LogP contribution in [-0.2, 0) is 13.0 Å². The number of methoxy groups -OCH3 is 1. The fourth-order valence-corrected chi connectivity index (χ4v) is 5.97. The van der Waals surface area contributed by atoms with Crippen LogP contribution in [0.4, 0.5) is 0 Å². The average Bonchev–Trinajstić information content (AvgIpc) is 3.42. The second-order valence-corrected chi connectivity index (χ2v) is 9.34. The highest BCUT2D eigenvalue weighted by Crippen LogP contribution is 2.35. The molecular weight excluding hydrogens is 418 g/mol. The number of carbonyl (C=O) groups excluding carboxylic acids is 1. The number of hydrogen-bond acceptors (Lipinski definition) is 5. The van der Waals surface area contributed by atoms with Crippen LogP contribution in [-0.4, -0.2) is 42.5 Å². The third-order valence-corrected chi connectivity index (χ3v) is 7.61. The predicted octanol–water partition coefficient (Wildman–Crippen LogP) is 5.02. The Morgan fingerprint density at radius 1 is 1.19 bits per heavy atom. The van der Waals surface area contributed by atoms with Crippen LogP contribution in [0, 0.1) is 0 Å². The number of rotatable bonds is 6. The quantitative estimate of drug-likeness (QED) is 0.453. The molecule has 6 heteroatoms. The molecule has 32 heavy (non-hydrogen) atoms. The Hall–Kier alpha value is -2.96. The summed E-state index contributed by atoms with van der Waals surface area (Å²) in [5.41, 5.74) is 3.14. The third kappa shape index (κ3) is 3.85. The minimum atomic E-state index is 0.00837. The number of aromatic nitrogens is 1. The van der Waals surface area contributed by atoms with Crippen molar-refractivity contribution in [2.24, 2.45) is 0 Å². The second-order valence-electron chi connectivity index (χ2n) is 8.29. The summed E-state index contributed by atoms with van der Waals surface area (Å²) in [6, 6.07) is 19.0. The van der Waals surface area contributed by atoms with Gasteiger partial charge in [-0.2, -0.15) is 0 Å². The van der Waals surface area contributed by atoms with Gasteiger partial charge in [-0.25, -0.2) is 4.98 Å². The summed E-state index contributed by atoms with van der Waals surface area (Å²) in [6.45, 7) is 1.85. The smallest absolute Gasteiger partial charge is 0.261 e. The van der Waals surface area contributed by atoms with Crippen LogP contribution in [0.15, 0.2) is 54.6 Å². The lowest BCUT2D eigenvalue weighted by molar-refractivity contribution is 0.0966. The molecule has 0 saturated carbocycles. The van der Waals surface area contributed by atoms with Gasteiger partial charge in [0, 0.05) is 29.7 Å². The third-order valence-electron chi connectivity index (χ3n) is 6.40. The van der Waals surface area contributed by atoms with Gasteiger partial charge in [0.15, 0.2) is 0 Å². The van der Waals surface area contributed by atoms with Crippen LogP contribution in [0.1, 0.15) is 33.8 Å². The zero-order chi connectivity index (χ0) is 22.1. The molecule has 4 aromatic rings. The Balaban J connectivity index is 1.43. The number of likely N-dealkylation sites (tertiary alicyclic amines) is 1. The molecule has 1 aliphatic rings. The zero-order valence-electron chi connectivity index (χ0n) is 18.4. The molecule has 3 heterocycles. The highest BCUT2D eigenvalue weighted by Gasteiger charge is 2.28. The van der Waals surface area contributed by atoms with Crippen molar-refractivity contribution in [1.82, 2.24) is 15.2 Å². The average molecular weight is 446 g/mol. The molecule has 1 amide bonds. The van der Waals surface area contributed by atoms with Gasteiger partial charge in [-0.3, -0.25) is 9.69 Å². The molecule has 1 N–H and O–H groups in total. The van der Waals surface area contributed by atoms with Gasteiger partial charge in [0.1, 0.15) is 11.3 Å². The Morgan fingerprint density at radius 2 is 2.06 bits per heavy atom. The van der Waals surface area contributed by atoms with E-state index in [1.807, 2.05) is 18.2 Å². The van der Waals surface area contributed by atoms with Crippen molar-refractivity contribution in [2.75, 3.05) is 20.7 Å². The van der Waals surface area contributed by atoms with E-state index in [0.717, 1.165) is 53.2 Å². The predicted molar refractivity (Wildman–Crippen MR) is 131 cm³/mol. The Labute approximate surface area is 192 Å². The summed E-state index contributed by atoms with van der Waals surface area (Å²) in [4.78, 5) is 20.9. The first-order chi connectivity index (χ1) is 15.7. The number of ether oxygens (including phenoxy) is 1. The first-order valence-corrected chi connectivity index (χ1v) is 11.9. The number of amides is 1. The summed E-state index contributed by atoms with van der Waals surface area (Å²) in [7, 11) is 3.40. The maximum absolute atomic E-state index is 12.6. The first-order valence-electron chi connectivity index (χ1n) is 11.1. The number of fused-ring (bicyclic) bond motifs is 2. The van der Waals surface area contributed by atoms with Crippen molar-refractivity contribution in [3.8, 4) is 5.75 Å². The van der Waals surface area contributed by atoms with E-state index in [4.69, 9.17) is 9.72 Å². The minimum Gasteiger partial charge on any atom is -0.494 e. The number of thiophene rings is 1. The Bertz CT molecular complexity index is 1280. The molecule has 0 spiro atoms. The van der Waals surface area contributed by atoms with Crippen molar-refractivity contribution in [2.45, 2.75) is 31.8 Å². The molecule has 2 aromatic carbocycles. The van der Waals surface area contributed by atoms with E-state index >= 15 is 0 Å². The molecule has 1 saturated heterocycles. The highest BCUT2D eigenvalue weighted by molar-refractivity contribution is 7.21. The van der Waals surface area contributed by atoms with Crippen molar-refractivity contribution in [1.29, 1.82) is 0 Å². The van der Waals surface area contributed by atoms with Gasteiger partial charge in [-0.05, 0) is 55.0 Å². The van der Waals surface area contributed by atoms with Crippen LogP contribution in [0.3, 0.4) is 0 Å². The fourth-order valence-electron chi connectivity index (χ4n) is 4.79. The topological polar surface area (TPSA) is 54.5 Å². The van der Waals surface area contributed by atoms with Gasteiger partial charge in [-0.15, -0.1) is 11.3 Å². The van der Waals surface area contributed by atoms with Crippen molar-refractivity contribution in [3.05, 3.63) is 70.7 Å². The molecule has 1 aliphatic heterocycles. The number of para-hydroxylation sites is 1. The molecule has 0 aliphatic carbocycles. The van der Waals surface area contributed by atoms with E-state index in [1.54, 1.807) is 25.5 Å². The maximum Gasteiger partial charge on any atom is 0.261 e. The lowest BCUT2D eigenvalue weighted by Crippen LogP contribution is -2.31. The highest BCUT2D eigenvalue weighted by atomic mass is 32.1. The summed E-state index contributed by atoms with van der Waals surface area (Å²) < 4.78 is 6.69. The van der Waals surface area contributed by atoms with E-state index in [9.17, 15) is 4.79 Å². The van der Waals surface area contributed by atoms with Crippen molar-refractivity contribution in [3.63, 3.8) is 0 Å². The summed E-state index contributed by atoms with van der Waals surface area (Å²) >= 11 is 1.59. The van der Waals surface area contributed by atoms with Gasteiger partial charge in [0.05, 0.1) is 17.7 Å². The Morgan fingerprint density at radius 3 is 2.91 bits per heavy atom. The van der Waals surface area contributed by atoms with Crippen LogP contribution >= 0.6 is 11.3 Å². The normalized spacial score (nSPS) is 16.6. The number of nitrogens with zero attached hydrogens (tertiary/aromatic N) is 2. The molecule has 0 radical (unpaired) electrons. The van der Waals surface area contributed by atoms with Crippen LogP contribution in [0.5, 0.6) is 5.75 Å². The molecule has 1 atom stereocenters. The molecule has 5 nitrogen and oxygen atoms in total. The molecule has 0 unspecified atom stereocenters. The van der Waals surface area contributed by atoms with Gasteiger partial charge in [0.25, 0.3) is 5.91 Å². The maximum atomic E-state index is 12.6. The molecular formula is C26H27N3O2S. The number of nitrogens with one attached hydrogen (secondary N) is 1. The van der Waals surface area contributed by atoms with Crippen LogP contribution < -0.4 is 10.1 Å². The largest absolute Gasteiger partial charge is 0.494 e. The first kappa shape index (κ1) is 20.9. The number of pyridine rings is 1. The number of benzene rings is 2. The van der Waals surface area contributed by atoms with Crippen molar-refractivity contribution >= 4 is 38.2 Å². The Kier molecular flexibility index (Phi) is 5.81. The SMILES string of the molecule is CNC(=O)c1sc2ccccc2c1C[C@H]1CCCN1Cc1ccc2cccc(OC)c2n1. The monoisotopic (exact) mass is 445 g/mol. The molecule has 1 fully saturated rings. The van der Waals surface area contributed by atoms with Gasteiger partial charge in [0.2, 0.25) is 0 Å². The van der Waals surface area contributed by atoms with E-state index in [0.29, 0.717) is 6.04 Å². The molecule has 2 aromatic heterocycles. The zero-order valence-corrected chi connectivity index (χ0v) is 19.2. The summed E-state index contributed by atoms with van der Waals surface area (Å²) in [6.07, 6.45) is 3.18. The van der Waals surface area contributed by atoms with Crippen molar-refractivity contribution < 1.29 is 9.53 Å². The van der Waals surface area contributed by atoms with E-state index in [1.165, 1.54) is 22.1 Å². The van der Waals surface area contributed by atoms with Gasteiger partial charge < -0.3 is 10.1 Å². The molecule has 164 valence electrons. The lowest BCUT2D eigenvalue weighted by atomic mass is 10.00. The summed E-state index contributed by atoms with van der Waals surface area (Å²) in [5, 5.41) is 5.12. The fraction of sp³-hybridized carbons (Fsp3) is 0.308. The lowest BCUT2D eigenvalue weighted by Gasteiger charge is -2.24. The van der Waals surface area contributed by atoms with Gasteiger partial charge in [-0.1, -0.05) is 36.4 Å². The van der Waals surface area contributed by atoms with Crippen LogP contribution in [0.25, 0.3) is 21.0 Å². The van der Waals surface area contributed by atoms with E-state index < -0.39 is 0 Å². The summed E-state index contributed by atoms with van der Waals surface area (Å²) in [5.74, 6) is 0.816. The number of hydrogen-bond donors (Lipinski definition) is 1. The molecule has 0 bridgehead atoms. The van der Waals surface area contributed by atoms with E-state index in [-0.39, 0.29) is 5.91 Å². The minimum absolute atomic E-state index is 0.00837.